The summed E-state index contributed by atoms with van der Waals surface area (Å²) in [4.78, 5) is 26.3. The Balaban J connectivity index is 1.27. The predicted octanol–water partition coefficient (Wildman–Crippen LogP) is 2.33. The quantitative estimate of drug-likeness (QED) is 0.793. The average molecular weight is 304 g/mol. The second kappa shape index (κ2) is 5.54. The number of carbonyl (C=O) groups is 2. The lowest BCUT2D eigenvalue weighted by Gasteiger charge is -2.55. The Hall–Kier alpha value is -1.06. The molecule has 5 aliphatic rings. The molecule has 4 bridgehead atoms. The Morgan fingerprint density at radius 1 is 1.14 bits per heavy atom. The Labute approximate surface area is 133 Å². The summed E-state index contributed by atoms with van der Waals surface area (Å²) < 4.78 is 0. The van der Waals surface area contributed by atoms with Gasteiger partial charge in [0.1, 0.15) is 0 Å². The van der Waals surface area contributed by atoms with Crippen molar-refractivity contribution in [2.24, 2.45) is 23.2 Å². The number of carbonyl (C=O) groups excluding carboxylic acids is 2. The van der Waals surface area contributed by atoms with Crippen LogP contribution in [0.1, 0.15) is 57.8 Å². The Morgan fingerprint density at radius 3 is 2.32 bits per heavy atom. The maximum Gasteiger partial charge on any atom is 0.226 e. The molecule has 1 N–H and O–H groups in total. The molecule has 122 valence electrons. The first-order valence-electron chi connectivity index (χ1n) is 9.21. The van der Waals surface area contributed by atoms with Crippen LogP contribution in [0.3, 0.4) is 0 Å². The molecular weight excluding hydrogens is 276 g/mol. The summed E-state index contributed by atoms with van der Waals surface area (Å²) in [5.41, 5.74) is -0.0295. The van der Waals surface area contributed by atoms with Crippen molar-refractivity contribution >= 4 is 11.8 Å². The second-order valence-electron chi connectivity index (χ2n) is 8.29. The number of hydrogen-bond donors (Lipinski definition) is 1. The first-order chi connectivity index (χ1) is 10.6. The minimum Gasteiger partial charge on any atom is -0.356 e. The lowest BCUT2D eigenvalue weighted by atomic mass is 9.49. The lowest BCUT2D eigenvalue weighted by molar-refractivity contribution is -0.146. The molecule has 4 nitrogen and oxygen atoms in total. The highest BCUT2D eigenvalue weighted by Crippen LogP contribution is 2.60. The molecule has 5 rings (SSSR count). The van der Waals surface area contributed by atoms with E-state index in [0.29, 0.717) is 12.3 Å². The Kier molecular flexibility index (Phi) is 3.66. The largest absolute Gasteiger partial charge is 0.356 e. The van der Waals surface area contributed by atoms with Gasteiger partial charge in [-0.05, 0) is 69.1 Å². The van der Waals surface area contributed by atoms with Crippen molar-refractivity contribution in [3.8, 4) is 0 Å². The molecule has 0 aromatic rings. The summed E-state index contributed by atoms with van der Waals surface area (Å²) in [6.45, 7) is 2.44. The van der Waals surface area contributed by atoms with E-state index in [1.807, 2.05) is 4.90 Å². The fraction of sp³-hybridized carbons (Fsp3) is 0.889. The van der Waals surface area contributed by atoms with E-state index in [0.717, 1.165) is 69.5 Å². The Bertz CT molecular complexity index is 438. The Morgan fingerprint density at radius 2 is 1.77 bits per heavy atom. The van der Waals surface area contributed by atoms with Gasteiger partial charge in [0.15, 0.2) is 0 Å². The summed E-state index contributed by atoms with van der Waals surface area (Å²) in [5.74, 6) is 3.06. The summed E-state index contributed by atoms with van der Waals surface area (Å²) in [6, 6.07) is 0. The number of likely N-dealkylation sites (tertiary alicyclic amines) is 1. The molecule has 1 heterocycles. The van der Waals surface area contributed by atoms with Crippen molar-refractivity contribution in [3.05, 3.63) is 0 Å². The summed E-state index contributed by atoms with van der Waals surface area (Å²) in [5, 5.41) is 3.20. The van der Waals surface area contributed by atoms with E-state index in [-0.39, 0.29) is 11.3 Å². The standard InChI is InChI=1S/C18H28N2O2/c21-16-3-1-5-20(16)6-2-4-19-17(22)18-10-13-7-14(11-18)9-15(8-13)12-18/h13-15H,1-12H2,(H,19,22). The molecule has 22 heavy (non-hydrogen) atoms. The van der Waals surface area contributed by atoms with Gasteiger partial charge in [-0.3, -0.25) is 9.59 Å². The minimum atomic E-state index is -0.0295. The van der Waals surface area contributed by atoms with E-state index in [1.54, 1.807) is 0 Å². The lowest BCUT2D eigenvalue weighted by Crippen LogP contribution is -2.53. The summed E-state index contributed by atoms with van der Waals surface area (Å²) in [7, 11) is 0. The number of nitrogens with zero attached hydrogens (tertiary/aromatic N) is 1. The maximum atomic E-state index is 12.8. The van der Waals surface area contributed by atoms with Gasteiger partial charge in [0, 0.05) is 31.5 Å². The molecule has 1 saturated heterocycles. The SMILES string of the molecule is O=C1CCCN1CCCNC(=O)C12CC3CC(CC(C3)C1)C2. The molecule has 0 spiro atoms. The molecule has 4 aliphatic carbocycles. The van der Waals surface area contributed by atoms with Crippen LogP contribution in [-0.2, 0) is 9.59 Å². The third-order valence-corrected chi connectivity index (χ3v) is 6.58. The molecule has 5 fully saturated rings. The normalized spacial score (nSPS) is 39.5. The van der Waals surface area contributed by atoms with Crippen LogP contribution in [0.4, 0.5) is 0 Å². The highest BCUT2D eigenvalue weighted by Gasteiger charge is 2.54. The number of amides is 2. The van der Waals surface area contributed by atoms with Gasteiger partial charge in [-0.25, -0.2) is 0 Å². The zero-order valence-electron chi connectivity index (χ0n) is 13.5. The predicted molar refractivity (Wildman–Crippen MR) is 84.0 cm³/mol. The van der Waals surface area contributed by atoms with E-state index in [4.69, 9.17) is 0 Å². The third kappa shape index (κ3) is 2.55. The van der Waals surface area contributed by atoms with Gasteiger partial charge in [-0.15, -0.1) is 0 Å². The van der Waals surface area contributed by atoms with Crippen LogP contribution < -0.4 is 5.32 Å². The molecule has 0 aromatic heterocycles. The van der Waals surface area contributed by atoms with Crippen molar-refractivity contribution in [3.63, 3.8) is 0 Å². The van der Waals surface area contributed by atoms with Crippen molar-refractivity contribution in [1.29, 1.82) is 0 Å². The first kappa shape index (κ1) is 14.5. The molecule has 0 unspecified atom stereocenters. The van der Waals surface area contributed by atoms with Gasteiger partial charge in [0.2, 0.25) is 11.8 Å². The molecule has 4 heteroatoms. The van der Waals surface area contributed by atoms with Gasteiger partial charge in [0.25, 0.3) is 0 Å². The highest BCUT2D eigenvalue weighted by atomic mass is 16.2. The molecule has 1 aliphatic heterocycles. The van der Waals surface area contributed by atoms with Crippen LogP contribution in [0.2, 0.25) is 0 Å². The summed E-state index contributed by atoms with van der Waals surface area (Å²) in [6.07, 6.45) is 10.1. The van der Waals surface area contributed by atoms with E-state index in [9.17, 15) is 9.59 Å². The fourth-order valence-corrected chi connectivity index (χ4v) is 5.99. The van der Waals surface area contributed by atoms with Crippen LogP contribution in [-0.4, -0.2) is 36.3 Å². The molecular formula is C18H28N2O2. The minimum absolute atomic E-state index is 0.0295. The first-order valence-corrected chi connectivity index (χ1v) is 9.21. The van der Waals surface area contributed by atoms with Gasteiger partial charge in [-0.1, -0.05) is 0 Å². The fourth-order valence-electron chi connectivity index (χ4n) is 5.99. The third-order valence-electron chi connectivity index (χ3n) is 6.58. The van der Waals surface area contributed by atoms with Crippen LogP contribution in [0.15, 0.2) is 0 Å². The molecule has 2 amide bonds. The molecule has 0 atom stereocenters. The number of hydrogen-bond acceptors (Lipinski definition) is 2. The average Bonchev–Trinajstić information content (AvgIpc) is 2.87. The van der Waals surface area contributed by atoms with E-state index in [2.05, 4.69) is 5.32 Å². The molecule has 0 aromatic carbocycles. The van der Waals surface area contributed by atoms with Crippen molar-refractivity contribution in [2.45, 2.75) is 57.8 Å². The van der Waals surface area contributed by atoms with Gasteiger partial charge >= 0.3 is 0 Å². The van der Waals surface area contributed by atoms with Crippen molar-refractivity contribution < 1.29 is 9.59 Å². The zero-order chi connectivity index (χ0) is 15.2. The molecule has 4 saturated carbocycles. The van der Waals surface area contributed by atoms with E-state index in [1.165, 1.54) is 19.3 Å². The van der Waals surface area contributed by atoms with Crippen LogP contribution in [0.5, 0.6) is 0 Å². The van der Waals surface area contributed by atoms with E-state index < -0.39 is 0 Å². The topological polar surface area (TPSA) is 49.4 Å². The molecule has 0 radical (unpaired) electrons. The summed E-state index contributed by atoms with van der Waals surface area (Å²) >= 11 is 0. The van der Waals surface area contributed by atoms with Gasteiger partial charge in [0.05, 0.1) is 0 Å². The van der Waals surface area contributed by atoms with E-state index >= 15 is 0 Å². The highest BCUT2D eigenvalue weighted by molar-refractivity contribution is 5.83. The van der Waals surface area contributed by atoms with Crippen molar-refractivity contribution in [1.82, 2.24) is 10.2 Å². The number of nitrogens with one attached hydrogen (secondary N) is 1. The van der Waals surface area contributed by atoms with Crippen LogP contribution in [0.25, 0.3) is 0 Å². The van der Waals surface area contributed by atoms with Gasteiger partial charge < -0.3 is 10.2 Å². The maximum absolute atomic E-state index is 12.8. The second-order valence-corrected chi connectivity index (χ2v) is 8.29. The number of rotatable bonds is 5. The zero-order valence-corrected chi connectivity index (χ0v) is 13.5. The van der Waals surface area contributed by atoms with Crippen LogP contribution in [0, 0.1) is 23.2 Å². The monoisotopic (exact) mass is 304 g/mol. The van der Waals surface area contributed by atoms with Gasteiger partial charge in [-0.2, -0.15) is 0 Å². The smallest absolute Gasteiger partial charge is 0.226 e. The van der Waals surface area contributed by atoms with Crippen LogP contribution >= 0.6 is 0 Å². The van der Waals surface area contributed by atoms with Crippen molar-refractivity contribution in [2.75, 3.05) is 19.6 Å².